The number of hydrogen-bond donors (Lipinski definition) is 2. The van der Waals surface area contributed by atoms with Crippen LogP contribution in [0, 0.1) is 11.3 Å². The van der Waals surface area contributed by atoms with Gasteiger partial charge in [-0.25, -0.2) is 4.98 Å². The fourth-order valence-electron chi connectivity index (χ4n) is 3.14. The molecule has 4 heterocycles. The Morgan fingerprint density at radius 2 is 2.24 bits per heavy atom. The Kier molecular flexibility index (Phi) is 4.26. The Bertz CT molecular complexity index is 918. The van der Waals surface area contributed by atoms with Crippen LogP contribution in [0.25, 0.3) is 21.8 Å². The molecule has 1 aliphatic heterocycles. The summed E-state index contributed by atoms with van der Waals surface area (Å²) in [4.78, 5) is 9.73. The normalized spacial score (nSPS) is 17.3. The Balaban J connectivity index is 1.76. The third-order valence-electron chi connectivity index (χ3n) is 4.42. The second kappa shape index (κ2) is 6.71. The molecule has 0 bridgehead atoms. The van der Waals surface area contributed by atoms with Crippen LogP contribution in [0.3, 0.4) is 0 Å². The van der Waals surface area contributed by atoms with E-state index in [-0.39, 0.29) is 11.9 Å². The van der Waals surface area contributed by atoms with Gasteiger partial charge in [-0.2, -0.15) is 5.26 Å². The molecule has 3 aromatic heterocycles. The molecular formula is C19H18N4OS. The van der Waals surface area contributed by atoms with Crippen molar-refractivity contribution in [2.24, 2.45) is 0 Å². The lowest BCUT2D eigenvalue weighted by Gasteiger charge is -2.21. The molecule has 6 heteroatoms. The minimum Gasteiger partial charge on any atom is -0.383 e. The number of nitriles is 1. The topological polar surface area (TPSA) is 87.7 Å². The van der Waals surface area contributed by atoms with Gasteiger partial charge in [0, 0.05) is 28.1 Å². The summed E-state index contributed by atoms with van der Waals surface area (Å²) in [7, 11) is 0. The third kappa shape index (κ3) is 3.04. The van der Waals surface area contributed by atoms with Crippen LogP contribution in [0.2, 0.25) is 0 Å². The van der Waals surface area contributed by atoms with Crippen molar-refractivity contribution in [2.45, 2.75) is 25.4 Å². The fraction of sp³-hybridized carbons (Fsp3) is 0.263. The number of pyridine rings is 1. The van der Waals surface area contributed by atoms with Crippen molar-refractivity contribution in [2.75, 3.05) is 12.3 Å². The van der Waals surface area contributed by atoms with Crippen LogP contribution in [-0.2, 0) is 4.74 Å². The van der Waals surface area contributed by atoms with Gasteiger partial charge in [-0.15, -0.1) is 11.3 Å². The summed E-state index contributed by atoms with van der Waals surface area (Å²) in [5, 5.41) is 9.54. The van der Waals surface area contributed by atoms with Gasteiger partial charge in [0.25, 0.3) is 0 Å². The van der Waals surface area contributed by atoms with E-state index in [1.54, 1.807) is 11.3 Å². The van der Waals surface area contributed by atoms with Crippen LogP contribution in [0.1, 0.15) is 35.8 Å². The highest BCUT2D eigenvalue weighted by molar-refractivity contribution is 7.15. The number of rotatable bonds is 3. The second-order valence-electron chi connectivity index (χ2n) is 6.07. The summed E-state index contributed by atoms with van der Waals surface area (Å²) < 4.78 is 5.88. The van der Waals surface area contributed by atoms with Gasteiger partial charge in [-0.3, -0.25) is 0 Å². The van der Waals surface area contributed by atoms with E-state index in [4.69, 9.17) is 10.5 Å². The van der Waals surface area contributed by atoms with E-state index < -0.39 is 0 Å². The molecule has 3 N–H and O–H groups in total. The molecule has 0 amide bonds. The van der Waals surface area contributed by atoms with Crippen LogP contribution in [0.15, 0.2) is 36.5 Å². The van der Waals surface area contributed by atoms with E-state index in [0.717, 1.165) is 41.3 Å². The van der Waals surface area contributed by atoms with Crippen LogP contribution < -0.4 is 5.73 Å². The monoisotopic (exact) mass is 350 g/mol. The zero-order chi connectivity index (χ0) is 17.2. The molecule has 0 saturated carbocycles. The summed E-state index contributed by atoms with van der Waals surface area (Å²) >= 11 is 1.67. The molecule has 126 valence electrons. The predicted octanol–water partition coefficient (Wildman–Crippen LogP) is 4.50. The number of ether oxygens (including phenoxy) is 1. The van der Waals surface area contributed by atoms with Crippen molar-refractivity contribution < 1.29 is 4.74 Å². The summed E-state index contributed by atoms with van der Waals surface area (Å²) in [6.45, 7) is 0.820. The van der Waals surface area contributed by atoms with Crippen molar-refractivity contribution in [1.82, 2.24) is 9.97 Å². The molecule has 0 aromatic carbocycles. The first-order valence-corrected chi connectivity index (χ1v) is 9.14. The molecule has 0 spiro atoms. The number of thiophene rings is 1. The van der Waals surface area contributed by atoms with Gasteiger partial charge in [-0.05, 0) is 49.6 Å². The summed E-state index contributed by atoms with van der Waals surface area (Å²) in [6, 6.07) is 12.1. The molecule has 1 aliphatic rings. The van der Waals surface area contributed by atoms with Crippen molar-refractivity contribution in [3.8, 4) is 27.9 Å². The molecule has 0 radical (unpaired) electrons. The number of aromatic amines is 1. The largest absolute Gasteiger partial charge is 0.383 e. The van der Waals surface area contributed by atoms with Crippen LogP contribution >= 0.6 is 11.3 Å². The van der Waals surface area contributed by atoms with Gasteiger partial charge >= 0.3 is 0 Å². The van der Waals surface area contributed by atoms with Gasteiger partial charge in [-0.1, -0.05) is 0 Å². The number of H-pyrrole nitrogens is 1. The fourth-order valence-corrected chi connectivity index (χ4v) is 4.25. The summed E-state index contributed by atoms with van der Waals surface area (Å²) in [5.74, 6) is 0.258. The average Bonchev–Trinajstić information content (AvgIpc) is 3.34. The second-order valence-corrected chi connectivity index (χ2v) is 7.18. The van der Waals surface area contributed by atoms with Gasteiger partial charge in [0.2, 0.25) is 0 Å². The maximum Gasteiger partial charge on any atom is 0.142 e. The lowest BCUT2D eigenvalue weighted by Crippen LogP contribution is -2.09. The number of nitrogens with one attached hydrogen (secondary N) is 1. The smallest absolute Gasteiger partial charge is 0.142 e. The van der Waals surface area contributed by atoms with Gasteiger partial charge in [0.05, 0.1) is 17.5 Å². The number of anilines is 1. The first-order valence-electron chi connectivity index (χ1n) is 8.32. The molecule has 1 saturated heterocycles. The molecular weight excluding hydrogens is 332 g/mol. The van der Waals surface area contributed by atoms with Crippen molar-refractivity contribution >= 4 is 17.2 Å². The van der Waals surface area contributed by atoms with Crippen LogP contribution in [0.5, 0.6) is 0 Å². The van der Waals surface area contributed by atoms with Crippen molar-refractivity contribution in [1.29, 1.82) is 5.26 Å². The quantitative estimate of drug-likeness (QED) is 0.728. The summed E-state index contributed by atoms with van der Waals surface area (Å²) in [6.07, 6.45) is 5.39. The van der Waals surface area contributed by atoms with Gasteiger partial charge in [0.15, 0.2) is 0 Å². The number of aromatic nitrogens is 2. The number of nitrogen functional groups attached to an aromatic ring is 1. The van der Waals surface area contributed by atoms with Gasteiger partial charge in [0.1, 0.15) is 17.5 Å². The van der Waals surface area contributed by atoms with Gasteiger partial charge < -0.3 is 15.5 Å². The molecule has 5 nitrogen and oxygen atoms in total. The SMILES string of the molecule is N#Cc1c(-c2ccc([C@@H]3CCCCO3)s2)cc(-c2ccc[nH]2)nc1N. The minimum atomic E-state index is 0.167. The maximum absolute atomic E-state index is 9.54. The van der Waals surface area contributed by atoms with Crippen LogP contribution in [-0.4, -0.2) is 16.6 Å². The van der Waals surface area contributed by atoms with E-state index >= 15 is 0 Å². The molecule has 1 fully saturated rings. The zero-order valence-electron chi connectivity index (χ0n) is 13.7. The molecule has 0 aliphatic carbocycles. The first kappa shape index (κ1) is 15.9. The minimum absolute atomic E-state index is 0.167. The molecule has 1 atom stereocenters. The average molecular weight is 350 g/mol. The highest BCUT2D eigenvalue weighted by atomic mass is 32.1. The Morgan fingerprint density at radius 1 is 1.32 bits per heavy atom. The standard InChI is InChI=1S/C19H18N4OS/c20-11-13-12(10-15(23-19(13)21)14-4-3-8-22-14)17-6-7-18(25-17)16-5-1-2-9-24-16/h3-4,6-8,10,16,22H,1-2,5,9H2,(H2,21,23)/t16-/m0/s1. The van der Waals surface area contributed by atoms with E-state index in [1.165, 1.54) is 11.3 Å². The number of hydrogen-bond acceptors (Lipinski definition) is 5. The Morgan fingerprint density at radius 3 is 2.96 bits per heavy atom. The molecule has 4 rings (SSSR count). The predicted molar refractivity (Wildman–Crippen MR) is 99.0 cm³/mol. The number of nitrogens with two attached hydrogens (primary N) is 1. The van der Waals surface area contributed by atoms with E-state index in [1.807, 2.05) is 30.5 Å². The molecule has 0 unspecified atom stereocenters. The number of nitrogens with zero attached hydrogens (tertiary/aromatic N) is 2. The molecule has 3 aromatic rings. The highest BCUT2D eigenvalue weighted by Crippen LogP contribution is 2.39. The maximum atomic E-state index is 9.54. The van der Waals surface area contributed by atoms with Crippen LogP contribution in [0.4, 0.5) is 5.82 Å². The highest BCUT2D eigenvalue weighted by Gasteiger charge is 2.20. The van der Waals surface area contributed by atoms with Crippen molar-refractivity contribution in [3.63, 3.8) is 0 Å². The lowest BCUT2D eigenvalue weighted by atomic mass is 10.1. The Labute approximate surface area is 150 Å². The Hall–Kier alpha value is -2.62. The molecule has 25 heavy (non-hydrogen) atoms. The van der Waals surface area contributed by atoms with E-state index in [0.29, 0.717) is 5.56 Å². The summed E-state index contributed by atoms with van der Waals surface area (Å²) in [5.41, 5.74) is 8.92. The van der Waals surface area contributed by atoms with E-state index in [9.17, 15) is 5.26 Å². The first-order chi connectivity index (χ1) is 12.3. The zero-order valence-corrected chi connectivity index (χ0v) is 14.5. The van der Waals surface area contributed by atoms with Crippen molar-refractivity contribution in [3.05, 3.63) is 47.0 Å². The third-order valence-corrected chi connectivity index (χ3v) is 5.63. The van der Waals surface area contributed by atoms with E-state index in [2.05, 4.69) is 22.1 Å². The lowest BCUT2D eigenvalue weighted by molar-refractivity contribution is 0.0172.